The Balaban J connectivity index is 2.86. The molecule has 1 aliphatic carbocycles. The number of aliphatic carboxylic acids is 1. The number of rotatable bonds is 6. The summed E-state index contributed by atoms with van der Waals surface area (Å²) in [5.74, 6) is -1.67. The van der Waals surface area contributed by atoms with Crippen LogP contribution in [0.1, 0.15) is 61.8 Å². The molecule has 29 heavy (non-hydrogen) atoms. The minimum Gasteiger partial charge on any atom is -0.480 e. The van der Waals surface area contributed by atoms with Crippen molar-refractivity contribution in [1.82, 2.24) is 5.32 Å². The molecule has 0 aromatic rings. The zero-order chi connectivity index (χ0) is 22.8. The summed E-state index contributed by atoms with van der Waals surface area (Å²) < 4.78 is 10.8. The maximum atomic E-state index is 12.5. The summed E-state index contributed by atoms with van der Waals surface area (Å²) >= 11 is 1.20. The molecule has 0 bridgehead atoms. The van der Waals surface area contributed by atoms with Crippen molar-refractivity contribution in [3.8, 4) is 0 Å². The first-order valence-corrected chi connectivity index (χ1v) is 10.6. The van der Waals surface area contributed by atoms with Crippen molar-refractivity contribution in [2.75, 3.05) is 5.75 Å². The Morgan fingerprint density at radius 3 is 2.21 bits per heavy atom. The van der Waals surface area contributed by atoms with Crippen molar-refractivity contribution < 1.29 is 33.8 Å². The molecule has 8 nitrogen and oxygen atoms in total. The molecule has 2 N–H and O–H groups in total. The number of esters is 1. The van der Waals surface area contributed by atoms with Crippen LogP contribution in [-0.2, 0) is 23.9 Å². The van der Waals surface area contributed by atoms with Gasteiger partial charge >= 0.3 is 18.0 Å². The average Bonchev–Trinajstić information content (AvgIpc) is 2.71. The second kappa shape index (κ2) is 8.93. The van der Waals surface area contributed by atoms with Gasteiger partial charge in [-0.05, 0) is 55.4 Å². The molecule has 0 aromatic carbocycles. The van der Waals surface area contributed by atoms with Gasteiger partial charge in [0.25, 0.3) is 0 Å². The second-order valence-electron chi connectivity index (χ2n) is 9.83. The molecule has 166 valence electrons. The van der Waals surface area contributed by atoms with Crippen molar-refractivity contribution in [2.24, 2.45) is 10.8 Å². The summed E-state index contributed by atoms with van der Waals surface area (Å²) in [7, 11) is 0. The Morgan fingerprint density at radius 1 is 1.21 bits per heavy atom. The highest BCUT2D eigenvalue weighted by atomic mass is 32.2. The molecule has 1 saturated carbocycles. The Kier molecular flexibility index (Phi) is 7.78. The molecule has 1 fully saturated rings. The number of amides is 1. The van der Waals surface area contributed by atoms with Crippen LogP contribution in [0.4, 0.5) is 4.79 Å². The van der Waals surface area contributed by atoms with Crippen LogP contribution in [0.2, 0.25) is 0 Å². The first kappa shape index (κ1) is 25.3. The van der Waals surface area contributed by atoms with Gasteiger partial charge in [-0.25, -0.2) is 9.59 Å². The first-order valence-electron chi connectivity index (χ1n) is 9.53. The van der Waals surface area contributed by atoms with E-state index in [9.17, 15) is 24.3 Å². The van der Waals surface area contributed by atoms with Crippen LogP contribution in [0.25, 0.3) is 0 Å². The predicted octanol–water partition coefficient (Wildman–Crippen LogP) is 3.02. The number of carbonyl (C=O) groups is 4. The number of ketones is 1. The lowest BCUT2D eigenvalue weighted by Gasteiger charge is -2.31. The zero-order valence-corrected chi connectivity index (χ0v) is 19.3. The van der Waals surface area contributed by atoms with E-state index in [4.69, 9.17) is 9.47 Å². The van der Waals surface area contributed by atoms with Crippen LogP contribution in [0.5, 0.6) is 0 Å². The Labute approximate surface area is 176 Å². The van der Waals surface area contributed by atoms with Crippen molar-refractivity contribution in [2.45, 2.75) is 84.8 Å². The van der Waals surface area contributed by atoms with Crippen LogP contribution in [0, 0.1) is 10.8 Å². The number of Topliss-reactive ketones (excluding diaryl/α,β-unsaturated/α-hetero) is 1. The van der Waals surface area contributed by atoms with E-state index in [1.807, 2.05) is 0 Å². The van der Waals surface area contributed by atoms with Crippen molar-refractivity contribution in [3.63, 3.8) is 0 Å². The number of carboxylic acids is 1. The fourth-order valence-electron chi connectivity index (χ4n) is 2.68. The number of ether oxygens (including phenoxy) is 2. The molecule has 1 rings (SSSR count). The molecular formula is C20H33NO7S. The van der Waals surface area contributed by atoms with Crippen molar-refractivity contribution in [1.29, 1.82) is 0 Å². The number of hydrogen-bond donors (Lipinski definition) is 2. The quantitative estimate of drug-likeness (QED) is 0.616. The SMILES string of the molecule is CC(C)(C)OC(=O)NC(CS[C@@H]1CC(=O)C(C)(C)[C@@H]1OC(=O)C(C)(C)C)C(=O)O. The normalized spacial score (nSPS) is 22.7. The Hall–Kier alpha value is -1.77. The molecule has 0 radical (unpaired) electrons. The van der Waals surface area contributed by atoms with E-state index in [0.29, 0.717) is 0 Å². The molecule has 9 heteroatoms. The van der Waals surface area contributed by atoms with E-state index >= 15 is 0 Å². The zero-order valence-electron chi connectivity index (χ0n) is 18.5. The number of alkyl carbamates (subject to hydrolysis) is 1. The maximum Gasteiger partial charge on any atom is 0.408 e. The first-order chi connectivity index (χ1) is 12.9. The summed E-state index contributed by atoms with van der Waals surface area (Å²) in [5, 5.41) is 11.4. The number of carbonyl (C=O) groups excluding carboxylic acids is 3. The molecule has 1 amide bonds. The molecule has 0 spiro atoms. The van der Waals surface area contributed by atoms with Crippen LogP contribution in [0.3, 0.4) is 0 Å². The minimum atomic E-state index is -1.21. The van der Waals surface area contributed by atoms with Gasteiger partial charge in [0.2, 0.25) is 0 Å². The highest BCUT2D eigenvalue weighted by Crippen LogP contribution is 2.43. The fraction of sp³-hybridized carbons (Fsp3) is 0.800. The number of nitrogens with one attached hydrogen (secondary N) is 1. The van der Waals surface area contributed by atoms with Gasteiger partial charge in [0.1, 0.15) is 23.5 Å². The van der Waals surface area contributed by atoms with Gasteiger partial charge in [-0.15, -0.1) is 0 Å². The van der Waals surface area contributed by atoms with Gasteiger partial charge in [-0.3, -0.25) is 9.59 Å². The minimum absolute atomic E-state index is 0.00612. The molecule has 0 saturated heterocycles. The van der Waals surface area contributed by atoms with Crippen LogP contribution >= 0.6 is 11.8 Å². The molecule has 0 aliphatic heterocycles. The van der Waals surface area contributed by atoms with E-state index in [2.05, 4.69) is 5.32 Å². The van der Waals surface area contributed by atoms with E-state index < -0.39 is 51.9 Å². The van der Waals surface area contributed by atoms with Gasteiger partial charge in [0.05, 0.1) is 10.8 Å². The standard InChI is InChI=1S/C20H33NO7S/c1-18(2,3)16(25)27-14-12(9-13(22)20(14,7)8)29-10-11(15(23)24)21-17(26)28-19(4,5)6/h11-12,14H,9-10H2,1-8H3,(H,21,26)(H,23,24)/t11?,12-,14-/m1/s1. The largest absolute Gasteiger partial charge is 0.480 e. The van der Waals surface area contributed by atoms with Crippen molar-refractivity contribution in [3.05, 3.63) is 0 Å². The highest BCUT2D eigenvalue weighted by molar-refractivity contribution is 8.00. The maximum absolute atomic E-state index is 12.5. The third-order valence-corrected chi connectivity index (χ3v) is 5.83. The predicted molar refractivity (Wildman–Crippen MR) is 110 cm³/mol. The number of thioether (sulfide) groups is 1. The van der Waals surface area contributed by atoms with Gasteiger partial charge in [-0.2, -0.15) is 11.8 Å². The van der Waals surface area contributed by atoms with Crippen molar-refractivity contribution >= 4 is 35.6 Å². The molecule has 0 aromatic heterocycles. The lowest BCUT2D eigenvalue weighted by molar-refractivity contribution is -0.163. The lowest BCUT2D eigenvalue weighted by atomic mass is 9.87. The smallest absolute Gasteiger partial charge is 0.408 e. The van der Waals surface area contributed by atoms with Crippen LogP contribution < -0.4 is 5.32 Å². The van der Waals surface area contributed by atoms with Gasteiger partial charge in [0, 0.05) is 17.4 Å². The molecule has 0 heterocycles. The third kappa shape index (κ3) is 7.21. The summed E-state index contributed by atoms with van der Waals surface area (Å²) in [6.45, 7) is 13.7. The van der Waals surface area contributed by atoms with E-state index in [1.54, 1.807) is 55.4 Å². The molecule has 1 aliphatic rings. The summed E-state index contributed by atoms with van der Waals surface area (Å²) in [6.07, 6.45) is -1.34. The Morgan fingerprint density at radius 2 is 1.76 bits per heavy atom. The second-order valence-corrected chi connectivity index (χ2v) is 11.1. The summed E-state index contributed by atoms with van der Waals surface area (Å²) in [6, 6.07) is -1.20. The Bertz CT molecular complexity index is 661. The highest BCUT2D eigenvalue weighted by Gasteiger charge is 2.52. The molecule has 3 atom stereocenters. The van der Waals surface area contributed by atoms with Gasteiger partial charge in [-0.1, -0.05) is 0 Å². The van der Waals surface area contributed by atoms with Crippen LogP contribution in [0.15, 0.2) is 0 Å². The lowest BCUT2D eigenvalue weighted by Crippen LogP contribution is -2.46. The molecule has 1 unspecified atom stereocenters. The summed E-state index contributed by atoms with van der Waals surface area (Å²) in [4.78, 5) is 48.3. The van der Waals surface area contributed by atoms with Gasteiger partial charge < -0.3 is 19.9 Å². The fourth-order valence-corrected chi connectivity index (χ4v) is 4.19. The summed E-state index contributed by atoms with van der Waals surface area (Å²) in [5.41, 5.74) is -2.34. The third-order valence-electron chi connectivity index (χ3n) is 4.47. The van der Waals surface area contributed by atoms with Gasteiger partial charge in [0.15, 0.2) is 0 Å². The van der Waals surface area contributed by atoms with E-state index in [-0.39, 0.29) is 18.0 Å². The van der Waals surface area contributed by atoms with E-state index in [1.165, 1.54) is 11.8 Å². The topological polar surface area (TPSA) is 119 Å². The molecular weight excluding hydrogens is 398 g/mol. The van der Waals surface area contributed by atoms with Crippen LogP contribution in [-0.4, -0.2) is 57.7 Å². The number of carboxylic acid groups (broad SMARTS) is 1. The number of hydrogen-bond acceptors (Lipinski definition) is 7. The monoisotopic (exact) mass is 431 g/mol. The van der Waals surface area contributed by atoms with E-state index in [0.717, 1.165) is 0 Å². The average molecular weight is 432 g/mol.